The molecular weight excluding hydrogens is 304 g/mol. The molecule has 4 aromatic rings. The van der Waals surface area contributed by atoms with Crippen LogP contribution in [-0.4, -0.2) is 10.2 Å². The Kier molecular flexibility index (Phi) is 3.28. The molecule has 0 saturated heterocycles. The third kappa shape index (κ3) is 2.26. The van der Waals surface area contributed by atoms with Gasteiger partial charge in [0.05, 0.1) is 0 Å². The molecule has 0 atom stereocenters. The highest BCUT2D eigenvalue weighted by molar-refractivity contribution is 7.21. The summed E-state index contributed by atoms with van der Waals surface area (Å²) in [7, 11) is 0. The maximum atomic E-state index is 10.9. The number of phenolic OH excluding ortho intramolecular Hbond substituents is 1. The van der Waals surface area contributed by atoms with Crippen molar-refractivity contribution in [1.29, 1.82) is 0 Å². The van der Waals surface area contributed by atoms with Crippen LogP contribution in [0.25, 0.3) is 32.3 Å². The number of aromatic hydroxyl groups is 2. The summed E-state index contributed by atoms with van der Waals surface area (Å²) >= 11 is 1.29. The Morgan fingerprint density at radius 1 is 0.652 bits per heavy atom. The van der Waals surface area contributed by atoms with E-state index in [0.717, 1.165) is 21.4 Å². The molecule has 1 heterocycles. The predicted octanol–water partition coefficient (Wildman–Crippen LogP) is 5.65. The fourth-order valence-electron chi connectivity index (χ4n) is 2.88. The van der Waals surface area contributed by atoms with Crippen LogP contribution in [0.4, 0.5) is 0 Å². The number of hydrogen-bond acceptors (Lipinski definition) is 3. The van der Waals surface area contributed by atoms with E-state index >= 15 is 0 Å². The van der Waals surface area contributed by atoms with Crippen LogP contribution in [0.2, 0.25) is 0 Å². The molecule has 0 aliphatic carbocycles. The van der Waals surface area contributed by atoms with Crippen LogP contribution in [0.3, 0.4) is 0 Å². The van der Waals surface area contributed by atoms with Gasteiger partial charge in [-0.3, -0.25) is 0 Å². The molecule has 0 amide bonds. The average Bonchev–Trinajstić information content (AvgIpc) is 2.94. The molecule has 0 fully saturated rings. The quantitative estimate of drug-likeness (QED) is 0.501. The minimum Gasteiger partial charge on any atom is -0.507 e. The minimum absolute atomic E-state index is 0.212. The first-order valence-corrected chi connectivity index (χ1v) is 8.15. The molecular formula is C20H14O2S. The highest BCUT2D eigenvalue weighted by atomic mass is 32.1. The predicted molar refractivity (Wildman–Crippen MR) is 96.0 cm³/mol. The van der Waals surface area contributed by atoms with E-state index in [2.05, 4.69) is 0 Å². The van der Waals surface area contributed by atoms with Crippen LogP contribution in [0, 0.1) is 0 Å². The van der Waals surface area contributed by atoms with Crippen LogP contribution in [0.5, 0.6) is 10.8 Å². The van der Waals surface area contributed by atoms with Crippen LogP contribution >= 0.6 is 11.3 Å². The molecule has 1 aromatic heterocycles. The maximum Gasteiger partial charge on any atom is 0.180 e. The van der Waals surface area contributed by atoms with E-state index in [1.165, 1.54) is 11.3 Å². The lowest BCUT2D eigenvalue weighted by molar-refractivity contribution is 0.481. The molecule has 3 aromatic carbocycles. The largest absolute Gasteiger partial charge is 0.507 e. The molecule has 112 valence electrons. The normalized spacial score (nSPS) is 11.0. The second-order valence-electron chi connectivity index (χ2n) is 5.35. The van der Waals surface area contributed by atoms with Crippen molar-refractivity contribution in [1.82, 2.24) is 0 Å². The summed E-state index contributed by atoms with van der Waals surface area (Å²) in [5.74, 6) is 0.212. The van der Waals surface area contributed by atoms with Crippen LogP contribution in [0.15, 0.2) is 72.8 Å². The van der Waals surface area contributed by atoms with E-state index in [1.54, 1.807) is 0 Å². The Balaban J connectivity index is 2.04. The summed E-state index contributed by atoms with van der Waals surface area (Å²) in [5, 5.41) is 22.2. The molecule has 0 radical (unpaired) electrons. The molecule has 3 heteroatoms. The van der Waals surface area contributed by atoms with Gasteiger partial charge in [-0.05, 0) is 23.3 Å². The van der Waals surface area contributed by atoms with Crippen molar-refractivity contribution >= 4 is 21.4 Å². The van der Waals surface area contributed by atoms with Gasteiger partial charge in [-0.2, -0.15) is 0 Å². The van der Waals surface area contributed by atoms with Gasteiger partial charge in [0.1, 0.15) is 5.75 Å². The number of hydrogen-bond donors (Lipinski definition) is 2. The van der Waals surface area contributed by atoms with Crippen molar-refractivity contribution < 1.29 is 10.2 Å². The molecule has 23 heavy (non-hydrogen) atoms. The van der Waals surface area contributed by atoms with E-state index < -0.39 is 0 Å². The van der Waals surface area contributed by atoms with Crippen molar-refractivity contribution in [3.8, 4) is 33.1 Å². The fraction of sp³-hybridized carbons (Fsp3) is 0. The number of fused-ring (bicyclic) bond motifs is 1. The highest BCUT2D eigenvalue weighted by Crippen LogP contribution is 2.49. The van der Waals surface area contributed by atoms with Crippen molar-refractivity contribution in [3.05, 3.63) is 72.8 Å². The topological polar surface area (TPSA) is 40.5 Å². The van der Waals surface area contributed by atoms with Gasteiger partial charge in [0.2, 0.25) is 0 Å². The molecule has 0 bridgehead atoms. The molecule has 0 spiro atoms. The van der Waals surface area contributed by atoms with Crippen molar-refractivity contribution in [2.75, 3.05) is 0 Å². The fourth-order valence-corrected chi connectivity index (χ4v) is 3.85. The highest BCUT2D eigenvalue weighted by Gasteiger charge is 2.19. The zero-order valence-corrected chi connectivity index (χ0v) is 13.0. The van der Waals surface area contributed by atoms with Crippen LogP contribution in [-0.2, 0) is 0 Å². The standard InChI is InChI=1S/C20H14O2S/c21-19-15(13-7-3-1-4-8-13)11-12-16-18(19)17(20(22)23-16)14-9-5-2-6-10-14/h1-12,21-22H. The third-order valence-corrected chi connectivity index (χ3v) is 4.92. The van der Waals surface area contributed by atoms with E-state index in [9.17, 15) is 10.2 Å². The molecule has 0 unspecified atom stereocenters. The lowest BCUT2D eigenvalue weighted by Crippen LogP contribution is -1.81. The summed E-state index contributed by atoms with van der Waals surface area (Å²) in [4.78, 5) is 0. The zero-order chi connectivity index (χ0) is 15.8. The molecule has 2 nitrogen and oxygen atoms in total. The zero-order valence-electron chi connectivity index (χ0n) is 12.2. The lowest BCUT2D eigenvalue weighted by Gasteiger charge is -2.08. The molecule has 0 saturated carbocycles. The summed E-state index contributed by atoms with van der Waals surface area (Å²) < 4.78 is 0.874. The second-order valence-corrected chi connectivity index (χ2v) is 6.38. The van der Waals surface area contributed by atoms with Gasteiger partial charge in [0, 0.05) is 21.2 Å². The van der Waals surface area contributed by atoms with Crippen molar-refractivity contribution in [2.45, 2.75) is 0 Å². The number of phenols is 1. The Morgan fingerprint density at radius 3 is 1.91 bits per heavy atom. The van der Waals surface area contributed by atoms with Crippen molar-refractivity contribution in [2.24, 2.45) is 0 Å². The number of thiophene rings is 1. The summed E-state index contributed by atoms with van der Waals surface area (Å²) in [6.07, 6.45) is 0. The lowest BCUT2D eigenvalue weighted by atomic mass is 9.98. The van der Waals surface area contributed by atoms with Gasteiger partial charge >= 0.3 is 0 Å². The monoisotopic (exact) mass is 318 g/mol. The Bertz CT molecular complexity index is 973. The Morgan fingerprint density at radius 2 is 1.26 bits per heavy atom. The van der Waals surface area contributed by atoms with Crippen LogP contribution < -0.4 is 0 Å². The molecule has 0 aliphatic rings. The first kappa shape index (κ1) is 13.9. The van der Waals surface area contributed by atoms with Crippen LogP contribution in [0.1, 0.15) is 0 Å². The van der Waals surface area contributed by atoms with Gasteiger partial charge in [-0.25, -0.2) is 0 Å². The van der Waals surface area contributed by atoms with Gasteiger partial charge in [-0.1, -0.05) is 72.0 Å². The second kappa shape index (κ2) is 5.45. The van der Waals surface area contributed by atoms with Gasteiger partial charge in [0.15, 0.2) is 5.06 Å². The maximum absolute atomic E-state index is 10.9. The van der Waals surface area contributed by atoms with E-state index in [-0.39, 0.29) is 10.8 Å². The smallest absolute Gasteiger partial charge is 0.180 e. The van der Waals surface area contributed by atoms with Gasteiger partial charge < -0.3 is 10.2 Å². The van der Waals surface area contributed by atoms with Crippen molar-refractivity contribution in [3.63, 3.8) is 0 Å². The number of benzene rings is 3. The molecule has 0 aliphatic heterocycles. The molecule has 2 N–H and O–H groups in total. The summed E-state index contributed by atoms with van der Waals surface area (Å²) in [5.41, 5.74) is 3.32. The van der Waals surface area contributed by atoms with E-state index in [1.807, 2.05) is 72.8 Å². The average molecular weight is 318 g/mol. The number of rotatable bonds is 2. The SMILES string of the molecule is Oc1sc2ccc(-c3ccccc3)c(O)c2c1-c1ccccc1. The first-order valence-electron chi connectivity index (χ1n) is 7.34. The molecule has 4 rings (SSSR count). The van der Waals surface area contributed by atoms with E-state index in [0.29, 0.717) is 10.9 Å². The van der Waals surface area contributed by atoms with Gasteiger partial charge in [-0.15, -0.1) is 0 Å². The summed E-state index contributed by atoms with van der Waals surface area (Å²) in [6, 6.07) is 23.3. The van der Waals surface area contributed by atoms with Gasteiger partial charge in [0.25, 0.3) is 0 Å². The summed E-state index contributed by atoms with van der Waals surface area (Å²) in [6.45, 7) is 0. The Labute approximate surface area is 137 Å². The Hall–Kier alpha value is -2.78. The van der Waals surface area contributed by atoms with E-state index in [4.69, 9.17) is 0 Å². The first-order chi connectivity index (χ1) is 11.3. The minimum atomic E-state index is 0.212. The third-order valence-electron chi connectivity index (χ3n) is 3.96.